The summed E-state index contributed by atoms with van der Waals surface area (Å²) in [5.41, 5.74) is 2.69. The number of hydrogen-bond donors (Lipinski definition) is 1. The number of anilines is 2. The molecule has 176 valence electrons. The molecule has 0 aromatic heterocycles. The van der Waals surface area contributed by atoms with Crippen LogP contribution >= 0.6 is 11.6 Å². The fraction of sp³-hybridized carbons (Fsp3) is 0.231. The zero-order valence-corrected chi connectivity index (χ0v) is 19.8. The van der Waals surface area contributed by atoms with Crippen molar-refractivity contribution in [2.45, 2.75) is 13.0 Å². The van der Waals surface area contributed by atoms with Gasteiger partial charge in [-0.15, -0.1) is 0 Å². The minimum atomic E-state index is -0.265. The van der Waals surface area contributed by atoms with Crippen molar-refractivity contribution in [3.05, 3.63) is 82.9 Å². The molecule has 4 rings (SSSR count). The summed E-state index contributed by atoms with van der Waals surface area (Å²) < 4.78 is 10.7. The SMILES string of the molecule is COc1ccc(CN2CCCN(c3cc(NC(=O)c4ccc(Cl)cc4)ccc3OC)C2=O)cc1. The first-order chi connectivity index (χ1) is 16.5. The Hall–Kier alpha value is -3.71. The molecule has 3 amide bonds. The van der Waals surface area contributed by atoms with E-state index in [4.69, 9.17) is 21.1 Å². The maximum Gasteiger partial charge on any atom is 0.324 e. The van der Waals surface area contributed by atoms with E-state index >= 15 is 0 Å². The van der Waals surface area contributed by atoms with Crippen LogP contribution in [0.3, 0.4) is 0 Å². The summed E-state index contributed by atoms with van der Waals surface area (Å²) in [5, 5.41) is 3.45. The van der Waals surface area contributed by atoms with Crippen LogP contribution in [0.15, 0.2) is 66.7 Å². The van der Waals surface area contributed by atoms with E-state index in [0.717, 1.165) is 17.7 Å². The molecule has 7 nitrogen and oxygen atoms in total. The molecule has 0 spiro atoms. The molecule has 8 heteroatoms. The molecular weight excluding hydrogens is 454 g/mol. The number of carbonyl (C=O) groups excluding carboxylic acids is 2. The van der Waals surface area contributed by atoms with Crippen molar-refractivity contribution in [1.29, 1.82) is 0 Å². The van der Waals surface area contributed by atoms with Crippen LogP contribution in [0, 0.1) is 0 Å². The van der Waals surface area contributed by atoms with Gasteiger partial charge in [-0.05, 0) is 66.6 Å². The van der Waals surface area contributed by atoms with Gasteiger partial charge in [0.2, 0.25) is 0 Å². The van der Waals surface area contributed by atoms with Crippen LogP contribution in [0.5, 0.6) is 11.5 Å². The number of ether oxygens (including phenoxy) is 2. The molecule has 3 aromatic rings. The van der Waals surface area contributed by atoms with Crippen molar-refractivity contribution < 1.29 is 19.1 Å². The lowest BCUT2D eigenvalue weighted by Crippen LogP contribution is -2.49. The first-order valence-corrected chi connectivity index (χ1v) is 11.3. The summed E-state index contributed by atoms with van der Waals surface area (Å²) in [6.07, 6.45) is 0.812. The Morgan fingerprint density at radius 3 is 2.38 bits per heavy atom. The Bertz CT molecular complexity index is 1170. The lowest BCUT2D eigenvalue weighted by molar-refractivity contribution is 0.102. The van der Waals surface area contributed by atoms with Gasteiger partial charge in [-0.25, -0.2) is 4.79 Å². The zero-order valence-electron chi connectivity index (χ0n) is 19.1. The molecule has 1 aliphatic heterocycles. The number of amides is 3. The predicted molar refractivity (Wildman–Crippen MR) is 133 cm³/mol. The minimum Gasteiger partial charge on any atom is -0.497 e. The second-order valence-electron chi connectivity index (χ2n) is 7.91. The van der Waals surface area contributed by atoms with Crippen LogP contribution in [0.4, 0.5) is 16.2 Å². The van der Waals surface area contributed by atoms with E-state index in [1.165, 1.54) is 0 Å². The molecule has 1 N–H and O–H groups in total. The molecule has 0 unspecified atom stereocenters. The van der Waals surface area contributed by atoms with Gasteiger partial charge in [0.05, 0.1) is 19.9 Å². The fourth-order valence-corrected chi connectivity index (χ4v) is 4.01. The van der Waals surface area contributed by atoms with E-state index in [1.54, 1.807) is 61.6 Å². The van der Waals surface area contributed by atoms with E-state index in [0.29, 0.717) is 47.3 Å². The first-order valence-electron chi connectivity index (χ1n) is 10.9. The van der Waals surface area contributed by atoms with Crippen LogP contribution in [-0.2, 0) is 6.54 Å². The second kappa shape index (κ2) is 10.5. The lowest BCUT2D eigenvalue weighted by atomic mass is 10.1. The minimum absolute atomic E-state index is 0.110. The standard InChI is InChI=1S/C26H26ClN3O4/c1-33-22-11-4-18(5-12-22)17-29-14-3-15-30(26(29)32)23-16-21(10-13-24(23)34-2)28-25(31)19-6-8-20(27)9-7-19/h4-13,16H,3,14-15,17H2,1-2H3,(H,28,31). The lowest BCUT2D eigenvalue weighted by Gasteiger charge is -2.36. The predicted octanol–water partition coefficient (Wildman–Crippen LogP) is 5.44. The smallest absolute Gasteiger partial charge is 0.324 e. The highest BCUT2D eigenvalue weighted by Gasteiger charge is 2.29. The third-order valence-electron chi connectivity index (χ3n) is 5.68. The number of halogens is 1. The highest BCUT2D eigenvalue weighted by atomic mass is 35.5. The molecular formula is C26H26ClN3O4. The highest BCUT2D eigenvalue weighted by molar-refractivity contribution is 6.30. The number of carbonyl (C=O) groups is 2. The third-order valence-corrected chi connectivity index (χ3v) is 5.93. The van der Waals surface area contributed by atoms with Crippen molar-refractivity contribution in [1.82, 2.24) is 4.90 Å². The van der Waals surface area contributed by atoms with E-state index in [2.05, 4.69) is 5.32 Å². The van der Waals surface area contributed by atoms with E-state index < -0.39 is 0 Å². The van der Waals surface area contributed by atoms with Gasteiger partial charge in [0.15, 0.2) is 0 Å². The quantitative estimate of drug-likeness (QED) is 0.489. The van der Waals surface area contributed by atoms with Crippen LogP contribution in [0.25, 0.3) is 0 Å². The largest absolute Gasteiger partial charge is 0.497 e. The van der Waals surface area contributed by atoms with E-state index in [-0.39, 0.29) is 11.9 Å². The molecule has 0 saturated carbocycles. The van der Waals surface area contributed by atoms with Crippen LogP contribution in [0.2, 0.25) is 5.02 Å². The number of hydrogen-bond acceptors (Lipinski definition) is 4. The first kappa shape index (κ1) is 23.4. The molecule has 0 atom stereocenters. The molecule has 1 fully saturated rings. The van der Waals surface area contributed by atoms with Crippen LogP contribution in [-0.4, -0.2) is 44.1 Å². The maximum absolute atomic E-state index is 13.4. The third kappa shape index (κ3) is 5.26. The van der Waals surface area contributed by atoms with Gasteiger partial charge in [-0.1, -0.05) is 23.7 Å². The summed E-state index contributed by atoms with van der Waals surface area (Å²) in [6.45, 7) is 1.72. The van der Waals surface area contributed by atoms with Gasteiger partial charge >= 0.3 is 6.03 Å². The summed E-state index contributed by atoms with van der Waals surface area (Å²) >= 11 is 5.91. The summed E-state index contributed by atoms with van der Waals surface area (Å²) in [7, 11) is 3.19. The number of rotatable bonds is 7. The number of methoxy groups -OCH3 is 2. The van der Waals surface area contributed by atoms with Crippen molar-refractivity contribution >= 4 is 34.9 Å². The molecule has 0 bridgehead atoms. The van der Waals surface area contributed by atoms with Crippen molar-refractivity contribution in [3.63, 3.8) is 0 Å². The van der Waals surface area contributed by atoms with Crippen molar-refractivity contribution in [2.24, 2.45) is 0 Å². The molecule has 0 radical (unpaired) electrons. The van der Waals surface area contributed by atoms with Crippen LogP contribution in [0.1, 0.15) is 22.3 Å². The molecule has 3 aromatic carbocycles. The topological polar surface area (TPSA) is 71.1 Å². The summed E-state index contributed by atoms with van der Waals surface area (Å²) in [5.74, 6) is 1.07. The Kier molecular flexibility index (Phi) is 7.23. The summed E-state index contributed by atoms with van der Waals surface area (Å²) in [6, 6.07) is 19.5. The monoisotopic (exact) mass is 479 g/mol. The Morgan fingerprint density at radius 2 is 1.71 bits per heavy atom. The van der Waals surface area contributed by atoms with Gasteiger partial charge in [-0.2, -0.15) is 0 Å². The molecule has 34 heavy (non-hydrogen) atoms. The number of nitrogens with zero attached hydrogens (tertiary/aromatic N) is 2. The van der Waals surface area contributed by atoms with Crippen LogP contribution < -0.4 is 19.7 Å². The van der Waals surface area contributed by atoms with Crippen molar-refractivity contribution in [2.75, 3.05) is 37.5 Å². The van der Waals surface area contributed by atoms with Gasteiger partial charge in [0.1, 0.15) is 11.5 Å². The highest BCUT2D eigenvalue weighted by Crippen LogP contribution is 2.34. The van der Waals surface area contributed by atoms with Crippen molar-refractivity contribution in [3.8, 4) is 11.5 Å². The maximum atomic E-state index is 13.4. The Labute approximate surface area is 203 Å². The number of benzene rings is 3. The zero-order chi connectivity index (χ0) is 24.1. The number of urea groups is 1. The van der Waals surface area contributed by atoms with Gasteiger partial charge in [0, 0.05) is 35.9 Å². The van der Waals surface area contributed by atoms with E-state index in [1.807, 2.05) is 29.2 Å². The Balaban J connectivity index is 1.53. The Morgan fingerprint density at radius 1 is 0.971 bits per heavy atom. The normalized spacial score (nSPS) is 13.6. The second-order valence-corrected chi connectivity index (χ2v) is 8.34. The average molecular weight is 480 g/mol. The fourth-order valence-electron chi connectivity index (χ4n) is 3.89. The van der Waals surface area contributed by atoms with E-state index in [9.17, 15) is 9.59 Å². The van der Waals surface area contributed by atoms with Gasteiger partial charge in [-0.3, -0.25) is 9.69 Å². The van der Waals surface area contributed by atoms with Gasteiger partial charge in [0.25, 0.3) is 5.91 Å². The molecule has 1 saturated heterocycles. The summed E-state index contributed by atoms with van der Waals surface area (Å²) in [4.78, 5) is 29.5. The average Bonchev–Trinajstić information content (AvgIpc) is 2.86. The molecule has 1 aliphatic rings. The molecule has 0 aliphatic carbocycles. The number of nitrogens with one attached hydrogen (secondary N) is 1. The van der Waals surface area contributed by atoms with Gasteiger partial charge < -0.3 is 19.7 Å². The molecule has 1 heterocycles.